The Morgan fingerprint density at radius 2 is 1.57 bits per heavy atom. The van der Waals surface area contributed by atoms with Gasteiger partial charge in [-0.15, -0.1) is 0 Å². The first-order valence-corrected chi connectivity index (χ1v) is 11.6. The molecule has 0 spiro atoms. The van der Waals surface area contributed by atoms with Crippen molar-refractivity contribution in [2.75, 3.05) is 11.9 Å². The molecule has 2 aliphatic carbocycles. The maximum absolute atomic E-state index is 12.5. The lowest BCUT2D eigenvalue weighted by Gasteiger charge is -2.25. The number of fused-ring (bicyclic) bond motifs is 3. The molecule has 178 valence electrons. The van der Waals surface area contributed by atoms with Gasteiger partial charge >= 0.3 is 12.1 Å². The van der Waals surface area contributed by atoms with Gasteiger partial charge in [-0.1, -0.05) is 61.4 Å². The molecule has 8 heteroatoms. The van der Waals surface area contributed by atoms with Crippen LogP contribution in [0, 0.1) is 0 Å². The fourth-order valence-electron chi connectivity index (χ4n) is 5.01. The predicted molar refractivity (Wildman–Crippen MR) is 129 cm³/mol. The quantitative estimate of drug-likeness (QED) is 0.485. The van der Waals surface area contributed by atoms with Gasteiger partial charge in [-0.3, -0.25) is 10.1 Å². The number of aromatic nitrogens is 1. The summed E-state index contributed by atoms with van der Waals surface area (Å²) in [6.07, 6.45) is 3.02. The summed E-state index contributed by atoms with van der Waals surface area (Å²) < 4.78 is 5.53. The molecule has 0 unspecified atom stereocenters. The third-order valence-electron chi connectivity index (χ3n) is 6.81. The largest absolute Gasteiger partial charge is 0.480 e. The van der Waals surface area contributed by atoms with Crippen molar-refractivity contribution < 1.29 is 24.2 Å². The summed E-state index contributed by atoms with van der Waals surface area (Å²) in [5.74, 6) is -1.63. The maximum Gasteiger partial charge on any atom is 0.411 e. The van der Waals surface area contributed by atoms with Crippen LogP contribution in [-0.4, -0.2) is 40.2 Å². The Morgan fingerprint density at radius 1 is 0.943 bits per heavy atom. The average molecular weight is 472 g/mol. The second kappa shape index (κ2) is 9.21. The van der Waals surface area contributed by atoms with E-state index in [1.165, 1.54) is 18.3 Å². The van der Waals surface area contributed by atoms with E-state index in [4.69, 9.17) is 4.74 Å². The van der Waals surface area contributed by atoms with Gasteiger partial charge in [0, 0.05) is 5.92 Å². The number of ether oxygens (including phenoxy) is 1. The first kappa shape index (κ1) is 22.6. The van der Waals surface area contributed by atoms with Crippen LogP contribution in [0.4, 0.5) is 10.5 Å². The van der Waals surface area contributed by atoms with E-state index in [0.717, 1.165) is 35.1 Å². The van der Waals surface area contributed by atoms with E-state index in [-0.39, 0.29) is 18.2 Å². The number of amides is 2. The molecular formula is C27H25N3O5. The van der Waals surface area contributed by atoms with E-state index < -0.39 is 23.5 Å². The number of hydrogen-bond acceptors (Lipinski definition) is 5. The number of carbonyl (C=O) groups excluding carboxylic acids is 2. The predicted octanol–water partition coefficient (Wildman–Crippen LogP) is 4.57. The zero-order valence-corrected chi connectivity index (χ0v) is 19.0. The number of benzene rings is 2. The summed E-state index contributed by atoms with van der Waals surface area (Å²) in [6, 6.07) is 19.2. The van der Waals surface area contributed by atoms with Gasteiger partial charge in [0.05, 0.1) is 11.9 Å². The van der Waals surface area contributed by atoms with E-state index in [9.17, 15) is 19.5 Å². The first-order chi connectivity index (χ1) is 17.0. The molecule has 0 radical (unpaired) electrons. The summed E-state index contributed by atoms with van der Waals surface area (Å²) in [6.45, 7) is 0.186. The molecule has 0 atom stereocenters. The molecule has 8 nitrogen and oxygen atoms in total. The number of nitrogens with one attached hydrogen (secondary N) is 2. The van der Waals surface area contributed by atoms with Crippen LogP contribution in [0.25, 0.3) is 11.1 Å². The van der Waals surface area contributed by atoms with Crippen molar-refractivity contribution >= 4 is 23.7 Å². The molecule has 2 aliphatic rings. The molecule has 3 N–H and O–H groups in total. The van der Waals surface area contributed by atoms with Gasteiger partial charge in [0.15, 0.2) is 0 Å². The van der Waals surface area contributed by atoms with Crippen molar-refractivity contribution in [3.8, 4) is 11.1 Å². The Labute approximate surface area is 202 Å². The highest BCUT2D eigenvalue weighted by atomic mass is 16.5. The Hall–Kier alpha value is -4.20. The molecule has 0 saturated heterocycles. The van der Waals surface area contributed by atoms with Crippen molar-refractivity contribution in [1.29, 1.82) is 0 Å². The molecule has 35 heavy (non-hydrogen) atoms. The minimum Gasteiger partial charge on any atom is -0.480 e. The SMILES string of the molecule is O=C(Nc1ccc(C(=O)NC2(C(=O)O)CCCC2)nc1)OCC1c2ccccc2-c2ccccc21. The number of carbonyl (C=O) groups is 3. The normalized spacial score (nSPS) is 15.7. The number of hydrogen-bond donors (Lipinski definition) is 3. The van der Waals surface area contributed by atoms with Crippen molar-refractivity contribution in [3.63, 3.8) is 0 Å². The number of rotatable bonds is 6. The molecule has 0 bridgehead atoms. The molecule has 1 heterocycles. The van der Waals surface area contributed by atoms with Crippen LogP contribution >= 0.6 is 0 Å². The molecule has 1 aromatic heterocycles. The summed E-state index contributed by atoms with van der Waals surface area (Å²) in [5, 5.41) is 14.8. The zero-order valence-electron chi connectivity index (χ0n) is 19.0. The second-order valence-electron chi connectivity index (χ2n) is 8.93. The van der Waals surface area contributed by atoms with Crippen LogP contribution in [0.5, 0.6) is 0 Å². The van der Waals surface area contributed by atoms with Gasteiger partial charge in [0.1, 0.15) is 17.8 Å². The number of pyridine rings is 1. The van der Waals surface area contributed by atoms with Crippen LogP contribution in [-0.2, 0) is 9.53 Å². The fourth-order valence-corrected chi connectivity index (χ4v) is 5.01. The van der Waals surface area contributed by atoms with Gasteiger partial charge in [0.25, 0.3) is 5.91 Å². The number of carboxylic acid groups (broad SMARTS) is 1. The monoisotopic (exact) mass is 471 g/mol. The van der Waals surface area contributed by atoms with E-state index >= 15 is 0 Å². The lowest BCUT2D eigenvalue weighted by Crippen LogP contribution is -2.52. The number of anilines is 1. The third-order valence-corrected chi connectivity index (χ3v) is 6.81. The van der Waals surface area contributed by atoms with Crippen molar-refractivity contribution in [3.05, 3.63) is 83.7 Å². The first-order valence-electron chi connectivity index (χ1n) is 11.6. The van der Waals surface area contributed by atoms with Crippen LogP contribution in [0.3, 0.4) is 0 Å². The van der Waals surface area contributed by atoms with Crippen molar-refractivity contribution in [2.45, 2.75) is 37.1 Å². The van der Waals surface area contributed by atoms with Crippen molar-refractivity contribution in [2.24, 2.45) is 0 Å². The van der Waals surface area contributed by atoms with E-state index in [0.29, 0.717) is 18.5 Å². The highest BCUT2D eigenvalue weighted by molar-refractivity contribution is 5.97. The van der Waals surface area contributed by atoms with Crippen LogP contribution in [0.2, 0.25) is 0 Å². The second-order valence-corrected chi connectivity index (χ2v) is 8.93. The minimum absolute atomic E-state index is 0.0468. The standard InChI is InChI=1S/C27H25N3O5/c31-24(30-27(25(32)33)13-5-6-14-27)23-12-11-17(15-28-23)29-26(34)35-16-22-20-9-3-1-7-18(20)19-8-2-4-10-21(19)22/h1-4,7-12,15,22H,5-6,13-14,16H2,(H,29,34)(H,30,31)(H,32,33). The Balaban J connectivity index is 1.20. The molecule has 5 rings (SSSR count). The topological polar surface area (TPSA) is 118 Å². The van der Waals surface area contributed by atoms with Crippen LogP contribution < -0.4 is 10.6 Å². The molecule has 2 amide bonds. The average Bonchev–Trinajstić information content (AvgIpc) is 3.47. The summed E-state index contributed by atoms with van der Waals surface area (Å²) >= 11 is 0. The third kappa shape index (κ3) is 4.35. The van der Waals surface area contributed by atoms with Crippen molar-refractivity contribution in [1.82, 2.24) is 10.3 Å². The Bertz CT molecular complexity index is 1240. The van der Waals surface area contributed by atoms with Gasteiger partial charge in [0.2, 0.25) is 0 Å². The number of aliphatic carboxylic acids is 1. The molecule has 1 fully saturated rings. The lowest BCUT2D eigenvalue weighted by molar-refractivity contribution is -0.144. The Kier molecular flexibility index (Phi) is 5.94. The van der Waals surface area contributed by atoms with Gasteiger partial charge < -0.3 is 15.2 Å². The zero-order chi connectivity index (χ0) is 24.4. The Morgan fingerprint density at radius 3 is 2.14 bits per heavy atom. The number of carboxylic acids is 1. The summed E-state index contributed by atoms with van der Waals surface area (Å²) in [4.78, 5) is 40.7. The van der Waals surface area contributed by atoms with E-state index in [1.54, 1.807) is 0 Å². The van der Waals surface area contributed by atoms with Gasteiger partial charge in [-0.2, -0.15) is 0 Å². The maximum atomic E-state index is 12.5. The minimum atomic E-state index is -1.24. The van der Waals surface area contributed by atoms with Crippen LogP contribution in [0.15, 0.2) is 66.9 Å². The van der Waals surface area contributed by atoms with E-state index in [2.05, 4.69) is 39.9 Å². The summed E-state index contributed by atoms with van der Waals surface area (Å²) in [7, 11) is 0. The van der Waals surface area contributed by atoms with Gasteiger partial charge in [-0.25, -0.2) is 14.6 Å². The highest BCUT2D eigenvalue weighted by Gasteiger charge is 2.42. The van der Waals surface area contributed by atoms with Crippen LogP contribution in [0.1, 0.15) is 53.2 Å². The molecule has 2 aromatic carbocycles. The molecule has 1 saturated carbocycles. The summed E-state index contributed by atoms with van der Waals surface area (Å²) in [5.41, 5.74) is 3.76. The molecular weight excluding hydrogens is 446 g/mol. The van der Waals surface area contributed by atoms with E-state index in [1.807, 2.05) is 24.3 Å². The van der Waals surface area contributed by atoms with Gasteiger partial charge in [-0.05, 0) is 47.2 Å². The lowest BCUT2D eigenvalue weighted by atomic mass is 9.97. The molecule has 0 aliphatic heterocycles. The molecule has 3 aromatic rings. The fraction of sp³-hybridized carbons (Fsp3) is 0.259. The number of nitrogens with zero attached hydrogens (tertiary/aromatic N) is 1. The smallest absolute Gasteiger partial charge is 0.411 e. The highest BCUT2D eigenvalue weighted by Crippen LogP contribution is 2.44.